The molecule has 0 radical (unpaired) electrons. The first kappa shape index (κ1) is 14.5. The fourth-order valence-electron chi connectivity index (χ4n) is 0.856. The molecule has 0 saturated heterocycles. The van der Waals surface area contributed by atoms with E-state index in [-0.39, 0.29) is 18.3 Å². The van der Waals surface area contributed by atoms with E-state index >= 15 is 0 Å². The molecule has 1 rings (SSSR count). The summed E-state index contributed by atoms with van der Waals surface area (Å²) in [5, 5.41) is 13.4. The predicted octanol–water partition coefficient (Wildman–Crippen LogP) is 0.925. The van der Waals surface area contributed by atoms with Gasteiger partial charge in [0.2, 0.25) is 0 Å². The summed E-state index contributed by atoms with van der Waals surface area (Å²) in [6, 6.07) is 6.89. The molecule has 0 atom stereocenters. The molecule has 90 valence electrons. The van der Waals surface area contributed by atoms with Crippen LogP contribution in [0.1, 0.15) is 12.5 Å². The number of benzene rings is 1. The molecule has 0 saturated carbocycles. The normalized spacial score (nSPS) is 8.24. The van der Waals surface area contributed by atoms with Crippen LogP contribution in [0.5, 0.6) is 5.75 Å². The first-order valence-electron chi connectivity index (χ1n) is 4.78. The highest BCUT2D eigenvalue weighted by atomic mass is 16.5. The number of hydrogen-bond donors (Lipinski definition) is 4. The Hall–Kier alpha value is -2.48. The molecular weight excluding hydrogens is 216 g/mol. The quantitative estimate of drug-likeness (QED) is 0.353. The van der Waals surface area contributed by atoms with Gasteiger partial charge in [0.15, 0.2) is 0 Å². The summed E-state index contributed by atoms with van der Waals surface area (Å²) in [5.74, 6) is 3.26. The molecule has 0 bridgehead atoms. The summed E-state index contributed by atoms with van der Waals surface area (Å²) >= 11 is 0. The first-order chi connectivity index (χ1) is 7.97. The van der Waals surface area contributed by atoms with Crippen molar-refractivity contribution in [2.45, 2.75) is 6.92 Å². The number of hydrogen-bond acceptors (Lipinski definition) is 3. The number of amidine groups is 2. The molecule has 5 heteroatoms. The lowest BCUT2D eigenvalue weighted by atomic mass is 10.2. The maximum atomic E-state index is 7.15. The molecule has 0 aromatic heterocycles. The van der Waals surface area contributed by atoms with Gasteiger partial charge < -0.3 is 16.2 Å². The van der Waals surface area contributed by atoms with Crippen LogP contribution in [0, 0.1) is 23.2 Å². The third-order valence-electron chi connectivity index (χ3n) is 1.49. The average Bonchev–Trinajstić information content (AvgIpc) is 2.26. The topological polar surface area (TPSA) is 109 Å². The number of nitrogens with one attached hydrogen (secondary N) is 2. The van der Waals surface area contributed by atoms with Gasteiger partial charge >= 0.3 is 0 Å². The van der Waals surface area contributed by atoms with Crippen molar-refractivity contribution in [3.8, 4) is 18.1 Å². The number of nitrogen functional groups attached to an aromatic ring is 1. The zero-order chi connectivity index (χ0) is 13.3. The molecule has 5 nitrogen and oxygen atoms in total. The van der Waals surface area contributed by atoms with Crippen molar-refractivity contribution in [1.82, 2.24) is 0 Å². The van der Waals surface area contributed by atoms with E-state index in [1.54, 1.807) is 24.3 Å². The molecule has 0 amide bonds. The summed E-state index contributed by atoms with van der Waals surface area (Å²) in [4.78, 5) is 0. The second-order valence-corrected chi connectivity index (χ2v) is 3.11. The van der Waals surface area contributed by atoms with E-state index < -0.39 is 0 Å². The maximum Gasteiger partial charge on any atom is 0.148 e. The van der Waals surface area contributed by atoms with Gasteiger partial charge in [-0.25, -0.2) is 0 Å². The number of ether oxygens (including phenoxy) is 1. The Morgan fingerprint density at radius 2 is 1.76 bits per heavy atom. The van der Waals surface area contributed by atoms with Crippen LogP contribution in [-0.2, 0) is 0 Å². The number of rotatable bonds is 3. The van der Waals surface area contributed by atoms with Crippen molar-refractivity contribution < 1.29 is 4.74 Å². The highest BCUT2D eigenvalue weighted by Crippen LogP contribution is 2.11. The van der Waals surface area contributed by atoms with Crippen molar-refractivity contribution in [2.75, 3.05) is 6.61 Å². The Labute approximate surface area is 101 Å². The molecular formula is C12H16N4O. The van der Waals surface area contributed by atoms with Gasteiger partial charge in [0.25, 0.3) is 0 Å². The second kappa shape index (κ2) is 7.77. The van der Waals surface area contributed by atoms with Gasteiger partial charge in [0.1, 0.15) is 18.2 Å². The molecule has 0 aliphatic carbocycles. The Morgan fingerprint density at radius 1 is 1.29 bits per heavy atom. The Morgan fingerprint density at radius 3 is 2.12 bits per heavy atom. The van der Waals surface area contributed by atoms with Gasteiger partial charge in [-0.3, -0.25) is 10.8 Å². The second-order valence-electron chi connectivity index (χ2n) is 3.11. The van der Waals surface area contributed by atoms with Gasteiger partial charge in [-0.05, 0) is 31.2 Å². The highest BCUT2D eigenvalue weighted by Gasteiger charge is 1.96. The number of terminal acetylenes is 1. The van der Waals surface area contributed by atoms with E-state index in [1.165, 1.54) is 6.92 Å². The number of nitrogens with two attached hydrogens (primary N) is 2. The Balaban J connectivity index is 0.000000557. The third-order valence-corrected chi connectivity index (χ3v) is 1.49. The van der Waals surface area contributed by atoms with E-state index in [0.29, 0.717) is 11.3 Å². The minimum Gasteiger partial charge on any atom is -0.481 e. The maximum absolute atomic E-state index is 7.15. The zero-order valence-corrected chi connectivity index (χ0v) is 9.66. The molecule has 17 heavy (non-hydrogen) atoms. The van der Waals surface area contributed by atoms with Crippen LogP contribution in [0.15, 0.2) is 24.3 Å². The predicted molar refractivity (Wildman–Crippen MR) is 69.4 cm³/mol. The van der Waals surface area contributed by atoms with Crippen LogP contribution in [0.3, 0.4) is 0 Å². The van der Waals surface area contributed by atoms with E-state index in [2.05, 4.69) is 5.92 Å². The Bertz CT molecular complexity index is 413. The van der Waals surface area contributed by atoms with Crippen LogP contribution in [0.2, 0.25) is 0 Å². The summed E-state index contributed by atoms with van der Waals surface area (Å²) in [6.07, 6.45) is 5.03. The smallest absolute Gasteiger partial charge is 0.148 e. The lowest BCUT2D eigenvalue weighted by Crippen LogP contribution is -2.10. The van der Waals surface area contributed by atoms with Crippen LogP contribution in [0.25, 0.3) is 0 Å². The van der Waals surface area contributed by atoms with E-state index in [0.717, 1.165) is 0 Å². The SMILES string of the molecule is C#CCOc1ccc(C(=N)N)cc1.CC(=N)N. The zero-order valence-electron chi connectivity index (χ0n) is 9.66. The van der Waals surface area contributed by atoms with Crippen LogP contribution in [-0.4, -0.2) is 18.3 Å². The Kier molecular flexibility index (Phi) is 6.63. The summed E-state index contributed by atoms with van der Waals surface area (Å²) in [5.41, 5.74) is 10.6. The molecule has 1 aromatic rings. The lowest BCUT2D eigenvalue weighted by molar-refractivity contribution is 0.370. The fourth-order valence-corrected chi connectivity index (χ4v) is 0.856. The lowest BCUT2D eigenvalue weighted by Gasteiger charge is -2.02. The van der Waals surface area contributed by atoms with Crippen molar-refractivity contribution in [2.24, 2.45) is 11.5 Å². The van der Waals surface area contributed by atoms with E-state index in [1.807, 2.05) is 0 Å². The minimum atomic E-state index is 0.0449. The highest BCUT2D eigenvalue weighted by molar-refractivity contribution is 5.94. The summed E-state index contributed by atoms with van der Waals surface area (Å²) < 4.78 is 5.14. The molecule has 1 aromatic carbocycles. The standard InChI is InChI=1S/C10H10N2O.C2H6N2/c1-2-7-13-9-5-3-8(4-6-9)10(11)12;1-2(3)4/h1,3-6H,7H2,(H3,11,12);1H3,(H3,3,4). The van der Waals surface area contributed by atoms with E-state index in [4.69, 9.17) is 33.4 Å². The van der Waals surface area contributed by atoms with Crippen LogP contribution >= 0.6 is 0 Å². The average molecular weight is 232 g/mol. The molecule has 0 aliphatic rings. The summed E-state index contributed by atoms with van der Waals surface area (Å²) in [6.45, 7) is 1.78. The van der Waals surface area contributed by atoms with Crippen molar-refractivity contribution >= 4 is 11.7 Å². The molecule has 6 N–H and O–H groups in total. The van der Waals surface area contributed by atoms with Gasteiger partial charge in [-0.2, -0.15) is 0 Å². The summed E-state index contributed by atoms with van der Waals surface area (Å²) in [7, 11) is 0. The van der Waals surface area contributed by atoms with Crippen molar-refractivity contribution in [3.63, 3.8) is 0 Å². The van der Waals surface area contributed by atoms with Gasteiger partial charge in [-0.1, -0.05) is 5.92 Å². The molecule has 0 unspecified atom stereocenters. The molecule has 0 heterocycles. The monoisotopic (exact) mass is 232 g/mol. The third kappa shape index (κ3) is 7.45. The van der Waals surface area contributed by atoms with Gasteiger partial charge in [0, 0.05) is 5.56 Å². The van der Waals surface area contributed by atoms with Gasteiger partial charge in [0.05, 0.1) is 5.84 Å². The fraction of sp³-hybridized carbons (Fsp3) is 0.167. The van der Waals surface area contributed by atoms with Crippen molar-refractivity contribution in [1.29, 1.82) is 10.8 Å². The van der Waals surface area contributed by atoms with Crippen LogP contribution in [0.4, 0.5) is 0 Å². The largest absolute Gasteiger partial charge is 0.481 e. The van der Waals surface area contributed by atoms with Crippen LogP contribution < -0.4 is 16.2 Å². The molecule has 0 fully saturated rings. The minimum absolute atomic E-state index is 0.0449. The van der Waals surface area contributed by atoms with Gasteiger partial charge in [-0.15, -0.1) is 6.42 Å². The molecule has 0 aliphatic heterocycles. The van der Waals surface area contributed by atoms with E-state index in [9.17, 15) is 0 Å². The molecule has 0 spiro atoms. The van der Waals surface area contributed by atoms with Crippen molar-refractivity contribution in [3.05, 3.63) is 29.8 Å². The first-order valence-corrected chi connectivity index (χ1v) is 4.78.